The summed E-state index contributed by atoms with van der Waals surface area (Å²) in [5.74, 6) is -0.517. The van der Waals surface area contributed by atoms with Gasteiger partial charge in [0, 0.05) is 10.0 Å². The van der Waals surface area contributed by atoms with E-state index < -0.39 is 0 Å². The lowest BCUT2D eigenvalue weighted by Crippen LogP contribution is -2.24. The van der Waals surface area contributed by atoms with Crippen LogP contribution in [0.1, 0.15) is 36.1 Å². The lowest BCUT2D eigenvalue weighted by atomic mass is 9.96. The van der Waals surface area contributed by atoms with Crippen molar-refractivity contribution in [2.24, 2.45) is 0 Å². The Labute approximate surface area is 132 Å². The Morgan fingerprint density at radius 2 is 1.81 bits per heavy atom. The fourth-order valence-electron chi connectivity index (χ4n) is 2.28. The molecule has 1 atom stereocenters. The third kappa shape index (κ3) is 3.89. The monoisotopic (exact) mass is 353 g/mol. The maximum atomic E-state index is 14.2. The first kappa shape index (κ1) is 16.1. The van der Waals surface area contributed by atoms with Gasteiger partial charge in [-0.1, -0.05) is 35.0 Å². The maximum absolute atomic E-state index is 14.2. The van der Waals surface area contributed by atoms with Crippen LogP contribution in [0, 0.1) is 18.6 Å². The molecular weight excluding hydrogens is 336 g/mol. The Kier molecular flexibility index (Phi) is 5.48. The molecular formula is C17H18BrF2N. The molecule has 2 aromatic carbocycles. The summed E-state index contributed by atoms with van der Waals surface area (Å²) < 4.78 is 28.5. The number of hydrogen-bond donors (Lipinski definition) is 1. The minimum absolute atomic E-state index is 0.247. The molecule has 0 bridgehead atoms. The van der Waals surface area contributed by atoms with Gasteiger partial charge in [-0.25, -0.2) is 8.78 Å². The average molecular weight is 354 g/mol. The molecule has 2 aromatic rings. The summed E-state index contributed by atoms with van der Waals surface area (Å²) in [6.07, 6.45) is 0.937. The molecule has 112 valence electrons. The van der Waals surface area contributed by atoms with Crippen molar-refractivity contribution < 1.29 is 8.78 Å². The van der Waals surface area contributed by atoms with E-state index in [1.807, 2.05) is 0 Å². The normalized spacial score (nSPS) is 12.4. The highest BCUT2D eigenvalue weighted by molar-refractivity contribution is 9.10. The van der Waals surface area contributed by atoms with Crippen LogP contribution in [-0.2, 0) is 0 Å². The van der Waals surface area contributed by atoms with E-state index in [2.05, 4.69) is 28.2 Å². The molecule has 1 nitrogen and oxygen atoms in total. The molecule has 0 aliphatic rings. The summed E-state index contributed by atoms with van der Waals surface area (Å²) in [7, 11) is 0. The predicted molar refractivity (Wildman–Crippen MR) is 85.4 cm³/mol. The molecule has 21 heavy (non-hydrogen) atoms. The summed E-state index contributed by atoms with van der Waals surface area (Å²) in [6, 6.07) is 9.49. The maximum Gasteiger partial charge on any atom is 0.128 e. The van der Waals surface area contributed by atoms with E-state index in [1.54, 1.807) is 31.2 Å². The average Bonchev–Trinajstić information content (AvgIpc) is 2.46. The van der Waals surface area contributed by atoms with Crippen LogP contribution < -0.4 is 5.32 Å². The van der Waals surface area contributed by atoms with Gasteiger partial charge in [0.2, 0.25) is 0 Å². The number of aryl methyl sites for hydroxylation is 1. The third-order valence-corrected chi connectivity index (χ3v) is 3.88. The molecule has 0 aliphatic carbocycles. The van der Waals surface area contributed by atoms with Crippen LogP contribution in [-0.4, -0.2) is 6.54 Å². The van der Waals surface area contributed by atoms with Gasteiger partial charge in [-0.3, -0.25) is 0 Å². The minimum atomic E-state index is -0.290. The summed E-state index contributed by atoms with van der Waals surface area (Å²) in [5.41, 5.74) is 1.98. The lowest BCUT2D eigenvalue weighted by molar-refractivity contribution is 0.544. The van der Waals surface area contributed by atoms with Crippen LogP contribution in [0.5, 0.6) is 0 Å². The molecule has 1 unspecified atom stereocenters. The quantitative estimate of drug-likeness (QED) is 0.785. The molecule has 0 saturated carbocycles. The number of nitrogens with one attached hydrogen (secondary N) is 1. The smallest absolute Gasteiger partial charge is 0.128 e. The van der Waals surface area contributed by atoms with Crippen LogP contribution in [0.3, 0.4) is 0 Å². The number of halogens is 3. The van der Waals surface area contributed by atoms with Crippen LogP contribution >= 0.6 is 15.9 Å². The summed E-state index contributed by atoms with van der Waals surface area (Å²) in [6.45, 7) is 4.53. The van der Waals surface area contributed by atoms with Crippen molar-refractivity contribution in [3.8, 4) is 0 Å². The first-order valence-electron chi connectivity index (χ1n) is 6.97. The first-order chi connectivity index (χ1) is 10.0. The molecule has 1 N–H and O–H groups in total. The van der Waals surface area contributed by atoms with Crippen LogP contribution in [0.4, 0.5) is 8.78 Å². The van der Waals surface area contributed by atoms with Gasteiger partial charge in [0.25, 0.3) is 0 Å². The molecule has 0 fully saturated rings. The minimum Gasteiger partial charge on any atom is -0.306 e. The van der Waals surface area contributed by atoms with E-state index in [4.69, 9.17) is 0 Å². The summed E-state index contributed by atoms with van der Waals surface area (Å²) in [4.78, 5) is 0. The summed E-state index contributed by atoms with van der Waals surface area (Å²) in [5, 5.41) is 3.33. The summed E-state index contributed by atoms with van der Waals surface area (Å²) >= 11 is 3.38. The zero-order valence-corrected chi connectivity index (χ0v) is 13.7. The molecule has 0 radical (unpaired) electrons. The largest absolute Gasteiger partial charge is 0.306 e. The molecule has 0 aliphatic heterocycles. The second-order valence-corrected chi connectivity index (χ2v) is 5.98. The fraction of sp³-hybridized carbons (Fsp3) is 0.294. The van der Waals surface area contributed by atoms with Gasteiger partial charge >= 0.3 is 0 Å². The SMILES string of the molecule is CCCNC(c1ccc(F)c(C)c1)c1cc(Br)ccc1F. The van der Waals surface area contributed by atoms with E-state index in [9.17, 15) is 8.78 Å². The van der Waals surface area contributed by atoms with E-state index >= 15 is 0 Å². The van der Waals surface area contributed by atoms with Gasteiger partial charge in [-0.2, -0.15) is 0 Å². The fourth-order valence-corrected chi connectivity index (χ4v) is 2.66. The van der Waals surface area contributed by atoms with Crippen molar-refractivity contribution in [3.63, 3.8) is 0 Å². The zero-order chi connectivity index (χ0) is 15.4. The number of benzene rings is 2. The van der Waals surface area contributed by atoms with E-state index in [0.717, 1.165) is 23.0 Å². The standard InChI is InChI=1S/C17H18BrF2N/c1-3-8-21-17(12-4-6-15(19)11(2)9-12)14-10-13(18)5-7-16(14)20/h4-7,9-10,17,21H,3,8H2,1-2H3. The van der Waals surface area contributed by atoms with Crippen molar-refractivity contribution in [1.82, 2.24) is 5.32 Å². The zero-order valence-electron chi connectivity index (χ0n) is 12.1. The topological polar surface area (TPSA) is 12.0 Å². The molecule has 0 spiro atoms. The van der Waals surface area contributed by atoms with Crippen molar-refractivity contribution >= 4 is 15.9 Å². The Balaban J connectivity index is 2.46. The van der Waals surface area contributed by atoms with E-state index in [-0.39, 0.29) is 17.7 Å². The molecule has 0 saturated heterocycles. The molecule has 2 rings (SSSR count). The Bertz CT molecular complexity index is 628. The predicted octanol–water partition coefficient (Wildman–Crippen LogP) is 5.12. The van der Waals surface area contributed by atoms with Crippen molar-refractivity contribution in [2.75, 3.05) is 6.54 Å². The van der Waals surface area contributed by atoms with Crippen LogP contribution in [0.2, 0.25) is 0 Å². The van der Waals surface area contributed by atoms with Crippen LogP contribution in [0.25, 0.3) is 0 Å². The Morgan fingerprint density at radius 3 is 2.48 bits per heavy atom. The Morgan fingerprint density at radius 1 is 1.10 bits per heavy atom. The van der Waals surface area contributed by atoms with Gasteiger partial charge in [-0.05, 0) is 55.3 Å². The van der Waals surface area contributed by atoms with Crippen molar-refractivity contribution in [1.29, 1.82) is 0 Å². The molecule has 4 heteroatoms. The first-order valence-corrected chi connectivity index (χ1v) is 7.76. The highest BCUT2D eigenvalue weighted by atomic mass is 79.9. The number of hydrogen-bond acceptors (Lipinski definition) is 1. The second-order valence-electron chi connectivity index (χ2n) is 5.06. The lowest BCUT2D eigenvalue weighted by Gasteiger charge is -2.21. The van der Waals surface area contributed by atoms with Crippen molar-refractivity contribution in [3.05, 3.63) is 69.2 Å². The molecule has 0 heterocycles. The molecule has 0 aromatic heterocycles. The Hall–Kier alpha value is -1.26. The number of rotatable bonds is 5. The van der Waals surface area contributed by atoms with Gasteiger partial charge in [-0.15, -0.1) is 0 Å². The van der Waals surface area contributed by atoms with Gasteiger partial charge < -0.3 is 5.32 Å². The highest BCUT2D eigenvalue weighted by Crippen LogP contribution is 2.28. The van der Waals surface area contributed by atoms with Gasteiger partial charge in [0.1, 0.15) is 11.6 Å². The highest BCUT2D eigenvalue weighted by Gasteiger charge is 2.18. The molecule has 0 amide bonds. The van der Waals surface area contributed by atoms with Gasteiger partial charge in [0.05, 0.1) is 6.04 Å². The second kappa shape index (κ2) is 7.14. The van der Waals surface area contributed by atoms with Crippen LogP contribution in [0.15, 0.2) is 40.9 Å². The van der Waals surface area contributed by atoms with E-state index in [0.29, 0.717) is 11.1 Å². The van der Waals surface area contributed by atoms with Gasteiger partial charge in [0.15, 0.2) is 0 Å². The van der Waals surface area contributed by atoms with Crippen molar-refractivity contribution in [2.45, 2.75) is 26.3 Å². The van der Waals surface area contributed by atoms with E-state index in [1.165, 1.54) is 12.1 Å². The third-order valence-electron chi connectivity index (χ3n) is 3.38.